The molecule has 2 aromatic carbocycles. The van der Waals surface area contributed by atoms with Gasteiger partial charge in [0.2, 0.25) is 0 Å². The van der Waals surface area contributed by atoms with E-state index in [0.717, 1.165) is 50.5 Å². The van der Waals surface area contributed by atoms with Crippen LogP contribution in [0.25, 0.3) is 5.69 Å². The van der Waals surface area contributed by atoms with Crippen LogP contribution in [-0.2, 0) is 6.54 Å². The van der Waals surface area contributed by atoms with Crippen molar-refractivity contribution >= 4 is 5.69 Å². The first-order chi connectivity index (χ1) is 14.2. The molecule has 0 spiro atoms. The summed E-state index contributed by atoms with van der Waals surface area (Å²) in [6.07, 6.45) is 4.95. The van der Waals surface area contributed by atoms with Gasteiger partial charge in [-0.15, -0.1) is 0 Å². The number of piperazine rings is 1. The van der Waals surface area contributed by atoms with Gasteiger partial charge in [0.15, 0.2) is 0 Å². The summed E-state index contributed by atoms with van der Waals surface area (Å²) in [5, 5.41) is 3.40. The second kappa shape index (κ2) is 9.15. The molecule has 1 aliphatic rings. The predicted octanol–water partition coefficient (Wildman–Crippen LogP) is 3.06. The topological polar surface area (TPSA) is 36.3 Å². The van der Waals surface area contributed by atoms with Crippen LogP contribution in [0.4, 0.5) is 14.5 Å². The zero-order valence-corrected chi connectivity index (χ0v) is 16.3. The summed E-state index contributed by atoms with van der Waals surface area (Å²) in [5.41, 5.74) is 2.50. The first-order valence-corrected chi connectivity index (χ1v) is 9.89. The van der Waals surface area contributed by atoms with Gasteiger partial charge >= 0.3 is 0 Å². The first kappa shape index (κ1) is 19.5. The summed E-state index contributed by atoms with van der Waals surface area (Å²) in [6, 6.07) is 12.0. The molecular formula is C22H25F2N5. The van der Waals surface area contributed by atoms with Crippen molar-refractivity contribution in [1.29, 1.82) is 0 Å². The molecule has 0 bridgehead atoms. The summed E-state index contributed by atoms with van der Waals surface area (Å²) >= 11 is 0. The van der Waals surface area contributed by atoms with Crippen LogP contribution in [0.3, 0.4) is 0 Å². The Hall–Kier alpha value is -2.77. The smallest absolute Gasteiger partial charge is 0.147 e. The molecule has 1 aromatic heterocycles. The Morgan fingerprint density at radius 1 is 0.966 bits per heavy atom. The zero-order valence-electron chi connectivity index (χ0n) is 16.3. The van der Waals surface area contributed by atoms with Crippen molar-refractivity contribution in [1.82, 2.24) is 19.8 Å². The van der Waals surface area contributed by atoms with E-state index in [0.29, 0.717) is 12.2 Å². The molecule has 2 heterocycles. The minimum absolute atomic E-state index is 0.199. The average molecular weight is 397 g/mol. The molecule has 4 rings (SSSR count). The molecule has 152 valence electrons. The maximum Gasteiger partial charge on any atom is 0.147 e. The number of rotatable bonds is 7. The van der Waals surface area contributed by atoms with Gasteiger partial charge in [0.1, 0.15) is 11.6 Å². The third-order valence-electron chi connectivity index (χ3n) is 5.29. The monoisotopic (exact) mass is 397 g/mol. The molecule has 0 aliphatic carbocycles. The SMILES string of the molecule is Fc1ccc(N2CCN(CCNCc3ccc(-n4ccnc4)c(F)c3)CC2)cc1. The summed E-state index contributed by atoms with van der Waals surface area (Å²) in [7, 11) is 0. The maximum absolute atomic E-state index is 14.3. The van der Waals surface area contributed by atoms with Gasteiger partial charge in [-0.1, -0.05) is 6.07 Å². The summed E-state index contributed by atoms with van der Waals surface area (Å²) in [4.78, 5) is 8.65. The quantitative estimate of drug-likeness (QED) is 0.622. The van der Waals surface area contributed by atoms with Crippen molar-refractivity contribution in [3.63, 3.8) is 0 Å². The number of halogens is 2. The van der Waals surface area contributed by atoms with Crippen LogP contribution in [-0.4, -0.2) is 53.7 Å². The van der Waals surface area contributed by atoms with Crippen molar-refractivity contribution < 1.29 is 8.78 Å². The lowest BCUT2D eigenvalue weighted by Crippen LogP contribution is -2.48. The highest BCUT2D eigenvalue weighted by Gasteiger charge is 2.16. The van der Waals surface area contributed by atoms with Gasteiger partial charge in [-0.25, -0.2) is 13.8 Å². The van der Waals surface area contributed by atoms with Gasteiger partial charge in [0.25, 0.3) is 0 Å². The molecular weight excluding hydrogens is 372 g/mol. The number of aromatic nitrogens is 2. The molecule has 1 aliphatic heterocycles. The van der Waals surface area contributed by atoms with Crippen molar-refractivity contribution in [2.45, 2.75) is 6.54 Å². The molecule has 0 amide bonds. The highest BCUT2D eigenvalue weighted by atomic mass is 19.1. The van der Waals surface area contributed by atoms with Crippen LogP contribution < -0.4 is 10.2 Å². The van der Waals surface area contributed by atoms with Crippen LogP contribution >= 0.6 is 0 Å². The van der Waals surface area contributed by atoms with Crippen molar-refractivity contribution in [2.24, 2.45) is 0 Å². The van der Waals surface area contributed by atoms with E-state index >= 15 is 0 Å². The van der Waals surface area contributed by atoms with E-state index in [4.69, 9.17) is 0 Å². The first-order valence-electron chi connectivity index (χ1n) is 9.89. The number of anilines is 1. The Balaban J connectivity index is 1.19. The molecule has 1 saturated heterocycles. The van der Waals surface area contributed by atoms with E-state index < -0.39 is 0 Å². The molecule has 0 radical (unpaired) electrons. The fourth-order valence-electron chi connectivity index (χ4n) is 3.62. The molecule has 0 saturated carbocycles. The lowest BCUT2D eigenvalue weighted by atomic mass is 10.2. The molecule has 1 fully saturated rings. The second-order valence-corrected chi connectivity index (χ2v) is 7.24. The second-order valence-electron chi connectivity index (χ2n) is 7.24. The van der Waals surface area contributed by atoms with E-state index in [9.17, 15) is 8.78 Å². The maximum atomic E-state index is 14.3. The van der Waals surface area contributed by atoms with E-state index in [1.807, 2.05) is 18.2 Å². The van der Waals surface area contributed by atoms with Crippen LogP contribution in [0.2, 0.25) is 0 Å². The lowest BCUT2D eigenvalue weighted by molar-refractivity contribution is 0.257. The number of nitrogens with zero attached hydrogens (tertiary/aromatic N) is 4. The Kier molecular flexibility index (Phi) is 6.17. The number of imidazole rings is 1. The number of nitrogens with one attached hydrogen (secondary N) is 1. The van der Waals surface area contributed by atoms with Gasteiger partial charge in [0.05, 0.1) is 12.0 Å². The Morgan fingerprint density at radius 2 is 1.76 bits per heavy atom. The molecule has 3 aromatic rings. The van der Waals surface area contributed by atoms with Crippen LogP contribution in [0.15, 0.2) is 61.2 Å². The van der Waals surface area contributed by atoms with Gasteiger partial charge in [0, 0.05) is 63.9 Å². The number of hydrogen-bond acceptors (Lipinski definition) is 4. The Labute approximate surface area is 169 Å². The molecule has 29 heavy (non-hydrogen) atoms. The van der Waals surface area contributed by atoms with Crippen LogP contribution in [0.1, 0.15) is 5.56 Å². The van der Waals surface area contributed by atoms with E-state index in [1.54, 1.807) is 35.4 Å². The van der Waals surface area contributed by atoms with E-state index in [1.165, 1.54) is 12.1 Å². The zero-order chi connectivity index (χ0) is 20.1. The van der Waals surface area contributed by atoms with Crippen LogP contribution in [0.5, 0.6) is 0 Å². The van der Waals surface area contributed by atoms with E-state index in [-0.39, 0.29) is 11.6 Å². The third-order valence-corrected chi connectivity index (χ3v) is 5.29. The third kappa shape index (κ3) is 4.99. The van der Waals surface area contributed by atoms with E-state index in [2.05, 4.69) is 20.1 Å². The Bertz CT molecular complexity index is 903. The normalized spacial score (nSPS) is 15.0. The molecule has 5 nitrogen and oxygen atoms in total. The predicted molar refractivity (Wildman–Crippen MR) is 110 cm³/mol. The van der Waals surface area contributed by atoms with Gasteiger partial charge < -0.3 is 14.8 Å². The molecule has 7 heteroatoms. The fourth-order valence-corrected chi connectivity index (χ4v) is 3.62. The van der Waals surface area contributed by atoms with Gasteiger partial charge in [-0.2, -0.15) is 0 Å². The van der Waals surface area contributed by atoms with Crippen LogP contribution in [0, 0.1) is 11.6 Å². The summed E-state index contributed by atoms with van der Waals surface area (Å²) < 4.78 is 29.0. The highest BCUT2D eigenvalue weighted by Crippen LogP contribution is 2.17. The minimum Gasteiger partial charge on any atom is -0.369 e. The highest BCUT2D eigenvalue weighted by molar-refractivity contribution is 5.46. The number of benzene rings is 2. The number of hydrogen-bond donors (Lipinski definition) is 1. The molecule has 0 atom stereocenters. The van der Waals surface area contributed by atoms with Crippen molar-refractivity contribution in [3.05, 3.63) is 78.4 Å². The minimum atomic E-state index is -0.251. The fraction of sp³-hybridized carbons (Fsp3) is 0.318. The average Bonchev–Trinajstić information content (AvgIpc) is 3.27. The lowest BCUT2D eigenvalue weighted by Gasteiger charge is -2.36. The Morgan fingerprint density at radius 3 is 2.45 bits per heavy atom. The van der Waals surface area contributed by atoms with Gasteiger partial charge in [-0.3, -0.25) is 4.90 Å². The van der Waals surface area contributed by atoms with Gasteiger partial charge in [-0.05, 0) is 42.0 Å². The molecule has 1 N–H and O–H groups in total. The standard InChI is InChI=1S/C22H25F2N5/c23-19-2-4-20(5-3-19)28-13-11-27(12-14-28)9-7-25-16-18-1-6-22(21(24)15-18)29-10-8-26-17-29/h1-6,8,10,15,17,25H,7,9,11-14,16H2. The largest absolute Gasteiger partial charge is 0.369 e. The van der Waals surface area contributed by atoms with Crippen molar-refractivity contribution in [2.75, 3.05) is 44.2 Å². The molecule has 0 unspecified atom stereocenters. The van der Waals surface area contributed by atoms with Crippen molar-refractivity contribution in [3.8, 4) is 5.69 Å². The summed E-state index contributed by atoms with van der Waals surface area (Å²) in [6.45, 7) is 6.27. The summed E-state index contributed by atoms with van der Waals surface area (Å²) in [5.74, 6) is -0.450.